The van der Waals surface area contributed by atoms with E-state index >= 15 is 0 Å². The SMILES string of the molecule is CC(=O)[C@@]12O[C@]1(C)C[C@@H]1[C@@H]3CCC4=CC(=O)CC[C@]4(C)[C@H]3CC[C@@]12C. The van der Waals surface area contributed by atoms with E-state index in [0.29, 0.717) is 30.0 Å². The van der Waals surface area contributed by atoms with Gasteiger partial charge in [-0.2, -0.15) is 0 Å². The van der Waals surface area contributed by atoms with Gasteiger partial charge in [-0.15, -0.1) is 0 Å². The molecule has 136 valence electrons. The highest BCUT2D eigenvalue weighted by Crippen LogP contribution is 2.77. The minimum Gasteiger partial charge on any atom is -0.354 e. The molecule has 0 unspecified atom stereocenters. The van der Waals surface area contributed by atoms with Crippen LogP contribution < -0.4 is 0 Å². The first-order valence-electron chi connectivity index (χ1n) is 10.1. The molecule has 0 aromatic rings. The second-order valence-corrected chi connectivity index (χ2v) is 10.2. The van der Waals surface area contributed by atoms with Gasteiger partial charge in [-0.25, -0.2) is 0 Å². The summed E-state index contributed by atoms with van der Waals surface area (Å²) in [5.41, 5.74) is 0.870. The summed E-state index contributed by atoms with van der Waals surface area (Å²) in [5, 5.41) is 0. The van der Waals surface area contributed by atoms with Crippen molar-refractivity contribution in [3.05, 3.63) is 11.6 Å². The van der Waals surface area contributed by atoms with Crippen LogP contribution in [-0.4, -0.2) is 22.8 Å². The largest absolute Gasteiger partial charge is 0.354 e. The van der Waals surface area contributed by atoms with Crippen LogP contribution in [0.4, 0.5) is 0 Å². The fourth-order valence-electron chi connectivity index (χ4n) is 8.18. The Kier molecular flexibility index (Phi) is 2.90. The number of carbonyl (C=O) groups is 2. The van der Waals surface area contributed by atoms with Gasteiger partial charge in [0.05, 0.1) is 0 Å². The number of carbonyl (C=O) groups excluding carboxylic acids is 2. The second-order valence-electron chi connectivity index (χ2n) is 10.2. The maximum Gasteiger partial charge on any atom is 0.165 e. The molecule has 0 aromatic heterocycles. The fraction of sp³-hybridized carbons (Fsp3) is 0.818. The van der Waals surface area contributed by atoms with Crippen molar-refractivity contribution in [3.8, 4) is 0 Å². The number of ketones is 2. The van der Waals surface area contributed by atoms with Gasteiger partial charge in [0.2, 0.25) is 0 Å². The average Bonchev–Trinajstić information content (AvgIpc) is 3.13. The Morgan fingerprint density at radius 3 is 2.60 bits per heavy atom. The third kappa shape index (κ3) is 1.63. The van der Waals surface area contributed by atoms with Gasteiger partial charge in [0, 0.05) is 11.8 Å². The molecule has 0 spiro atoms. The second kappa shape index (κ2) is 4.47. The number of hydrogen-bond donors (Lipinski definition) is 0. The van der Waals surface area contributed by atoms with Crippen LogP contribution in [0.25, 0.3) is 0 Å². The molecule has 3 nitrogen and oxygen atoms in total. The third-order valence-electron chi connectivity index (χ3n) is 9.34. The van der Waals surface area contributed by atoms with Crippen LogP contribution in [0.5, 0.6) is 0 Å². The monoisotopic (exact) mass is 342 g/mol. The smallest absolute Gasteiger partial charge is 0.165 e. The molecule has 5 aliphatic rings. The molecule has 5 rings (SSSR count). The predicted molar refractivity (Wildman–Crippen MR) is 95.0 cm³/mol. The Bertz CT molecular complexity index is 723. The van der Waals surface area contributed by atoms with Gasteiger partial charge < -0.3 is 4.74 Å². The predicted octanol–water partition coefficient (Wildman–Crippen LogP) is 4.24. The molecule has 0 radical (unpaired) electrons. The molecule has 4 fully saturated rings. The van der Waals surface area contributed by atoms with Crippen molar-refractivity contribution in [1.82, 2.24) is 0 Å². The van der Waals surface area contributed by atoms with E-state index in [1.165, 1.54) is 18.4 Å². The number of epoxide rings is 1. The van der Waals surface area contributed by atoms with E-state index in [-0.39, 0.29) is 22.2 Å². The number of Topliss-reactive ketones (excluding diaryl/α,β-unsaturated/α-hetero) is 1. The number of allylic oxidation sites excluding steroid dienone is 1. The number of rotatable bonds is 1. The highest BCUT2D eigenvalue weighted by molar-refractivity contribution is 5.92. The molecular formula is C22H30O3. The van der Waals surface area contributed by atoms with Crippen LogP contribution in [0, 0.1) is 28.6 Å². The van der Waals surface area contributed by atoms with E-state index in [4.69, 9.17) is 4.74 Å². The van der Waals surface area contributed by atoms with E-state index < -0.39 is 5.60 Å². The lowest BCUT2D eigenvalue weighted by Crippen LogP contribution is -2.54. The Balaban J connectivity index is 1.54. The van der Waals surface area contributed by atoms with Crippen LogP contribution in [0.2, 0.25) is 0 Å². The molecule has 0 amide bonds. The van der Waals surface area contributed by atoms with E-state index in [2.05, 4.69) is 20.8 Å². The van der Waals surface area contributed by atoms with Gasteiger partial charge in [0.15, 0.2) is 17.2 Å². The van der Waals surface area contributed by atoms with Gasteiger partial charge in [0.25, 0.3) is 0 Å². The van der Waals surface area contributed by atoms with E-state index in [1.807, 2.05) is 6.08 Å². The van der Waals surface area contributed by atoms with Crippen molar-refractivity contribution in [2.45, 2.75) is 83.8 Å². The summed E-state index contributed by atoms with van der Waals surface area (Å²) in [6, 6.07) is 0. The quantitative estimate of drug-likeness (QED) is 0.670. The zero-order valence-corrected chi connectivity index (χ0v) is 16.0. The molecular weight excluding hydrogens is 312 g/mol. The normalized spacial score (nSPS) is 56.2. The molecule has 25 heavy (non-hydrogen) atoms. The van der Waals surface area contributed by atoms with Crippen molar-refractivity contribution < 1.29 is 14.3 Å². The molecule has 0 aromatic carbocycles. The van der Waals surface area contributed by atoms with Crippen molar-refractivity contribution in [3.63, 3.8) is 0 Å². The van der Waals surface area contributed by atoms with E-state index in [9.17, 15) is 9.59 Å². The first-order valence-corrected chi connectivity index (χ1v) is 10.1. The molecule has 3 saturated carbocycles. The fourth-order valence-corrected chi connectivity index (χ4v) is 8.18. The summed E-state index contributed by atoms with van der Waals surface area (Å²) in [6.07, 6.45) is 9.26. The summed E-state index contributed by atoms with van der Waals surface area (Å²) in [4.78, 5) is 24.5. The molecule has 1 aliphatic heterocycles. The van der Waals surface area contributed by atoms with Gasteiger partial charge in [-0.1, -0.05) is 19.4 Å². The van der Waals surface area contributed by atoms with Crippen LogP contribution in [0.15, 0.2) is 11.6 Å². The number of fused-ring (bicyclic) bond motifs is 7. The van der Waals surface area contributed by atoms with Crippen molar-refractivity contribution >= 4 is 11.6 Å². The maximum atomic E-state index is 12.6. The van der Waals surface area contributed by atoms with Crippen molar-refractivity contribution in [2.75, 3.05) is 0 Å². The van der Waals surface area contributed by atoms with Gasteiger partial charge in [0.1, 0.15) is 5.60 Å². The molecule has 1 heterocycles. The lowest BCUT2D eigenvalue weighted by Gasteiger charge is -2.58. The van der Waals surface area contributed by atoms with E-state index in [0.717, 1.165) is 25.7 Å². The Hall–Kier alpha value is -0.960. The third-order valence-corrected chi connectivity index (χ3v) is 9.34. The summed E-state index contributed by atoms with van der Waals surface area (Å²) >= 11 is 0. The van der Waals surface area contributed by atoms with Crippen LogP contribution in [0.3, 0.4) is 0 Å². The standard InChI is InChI=1S/C22H30O3/c1-13(23)22-20(3)10-8-17-16(18(20)12-21(22,4)25-22)6-5-14-11-15(24)7-9-19(14,17)2/h11,16-18H,5-10,12H2,1-4H3/t16-,17+,18-,19+,20+,21-,22+/m1/s1. The van der Waals surface area contributed by atoms with Crippen LogP contribution in [0.1, 0.15) is 72.6 Å². The molecule has 7 atom stereocenters. The number of ether oxygens (including phenoxy) is 1. The molecule has 1 saturated heterocycles. The van der Waals surface area contributed by atoms with Gasteiger partial charge >= 0.3 is 0 Å². The minimum atomic E-state index is -0.519. The van der Waals surface area contributed by atoms with Crippen LogP contribution in [-0.2, 0) is 14.3 Å². The summed E-state index contributed by atoms with van der Waals surface area (Å²) in [7, 11) is 0. The first-order chi connectivity index (χ1) is 11.7. The highest BCUT2D eigenvalue weighted by atomic mass is 16.6. The molecule has 0 N–H and O–H groups in total. The summed E-state index contributed by atoms with van der Waals surface area (Å²) in [6.45, 7) is 8.66. The first kappa shape index (κ1) is 16.2. The lowest BCUT2D eigenvalue weighted by atomic mass is 9.46. The maximum absolute atomic E-state index is 12.6. The van der Waals surface area contributed by atoms with Crippen LogP contribution >= 0.6 is 0 Å². The Morgan fingerprint density at radius 1 is 1.12 bits per heavy atom. The minimum absolute atomic E-state index is 0.00316. The summed E-state index contributed by atoms with van der Waals surface area (Å²) in [5.74, 6) is 2.50. The van der Waals surface area contributed by atoms with Crippen molar-refractivity contribution in [2.24, 2.45) is 28.6 Å². The molecule has 3 heteroatoms. The highest BCUT2D eigenvalue weighted by Gasteiger charge is 2.85. The van der Waals surface area contributed by atoms with Gasteiger partial charge in [-0.3, -0.25) is 9.59 Å². The summed E-state index contributed by atoms with van der Waals surface area (Å²) < 4.78 is 6.18. The van der Waals surface area contributed by atoms with Crippen molar-refractivity contribution in [1.29, 1.82) is 0 Å². The topological polar surface area (TPSA) is 46.7 Å². The molecule has 0 bridgehead atoms. The number of hydrogen-bond acceptors (Lipinski definition) is 3. The zero-order valence-electron chi connectivity index (χ0n) is 16.0. The van der Waals surface area contributed by atoms with Gasteiger partial charge in [-0.05, 0) is 81.6 Å². The Morgan fingerprint density at radius 2 is 1.88 bits per heavy atom. The zero-order chi connectivity index (χ0) is 17.8. The average molecular weight is 342 g/mol. The lowest BCUT2D eigenvalue weighted by molar-refractivity contribution is -0.137. The molecule has 4 aliphatic carbocycles. The van der Waals surface area contributed by atoms with E-state index in [1.54, 1.807) is 6.92 Å². The Labute approximate surface area is 150 Å².